The third-order valence-corrected chi connectivity index (χ3v) is 11.7. The third kappa shape index (κ3) is 5.04. The standard InChI is InChI=1S/C51H44N2/c1-33-30-31-36(32-43(33)52-34(2)35-20-10-7-11-21-35)44-45-39-26-16-18-28-41(39)50(3,4)47(45)49(48-46(44)40-27-17-19-29-42(40)51(48,5)6)53(37-22-12-8-13-23-37)38-24-14-9-15-25-38/h7-32H,1-6H3. The molecule has 9 rings (SSSR count). The van der Waals surface area contributed by atoms with Crippen LogP contribution in [0.3, 0.4) is 0 Å². The summed E-state index contributed by atoms with van der Waals surface area (Å²) in [5.74, 6) is 0. The summed E-state index contributed by atoms with van der Waals surface area (Å²) in [6.45, 7) is 14.0. The molecule has 0 aromatic heterocycles. The highest BCUT2D eigenvalue weighted by atomic mass is 15.2. The van der Waals surface area contributed by atoms with Crippen LogP contribution in [0.1, 0.15) is 68.0 Å². The van der Waals surface area contributed by atoms with Crippen LogP contribution in [0.5, 0.6) is 0 Å². The maximum atomic E-state index is 5.28. The summed E-state index contributed by atoms with van der Waals surface area (Å²) in [6.07, 6.45) is 0. The molecule has 2 nitrogen and oxygen atoms in total. The molecule has 0 saturated carbocycles. The second-order valence-corrected chi connectivity index (χ2v) is 15.6. The highest BCUT2D eigenvalue weighted by Gasteiger charge is 2.48. The number of nitrogens with zero attached hydrogens (tertiary/aromatic N) is 2. The summed E-state index contributed by atoms with van der Waals surface area (Å²) in [4.78, 5) is 7.82. The van der Waals surface area contributed by atoms with Gasteiger partial charge in [-0.15, -0.1) is 0 Å². The van der Waals surface area contributed by atoms with E-state index in [0.717, 1.165) is 33.9 Å². The van der Waals surface area contributed by atoms with E-state index in [2.05, 4.69) is 204 Å². The maximum absolute atomic E-state index is 5.28. The van der Waals surface area contributed by atoms with Crippen LogP contribution in [-0.2, 0) is 10.8 Å². The molecule has 0 spiro atoms. The number of aliphatic imine (C=N–C) groups is 1. The van der Waals surface area contributed by atoms with E-state index in [9.17, 15) is 0 Å². The molecule has 2 aliphatic carbocycles. The first-order valence-corrected chi connectivity index (χ1v) is 18.7. The van der Waals surface area contributed by atoms with Gasteiger partial charge >= 0.3 is 0 Å². The van der Waals surface area contributed by atoms with E-state index in [1.165, 1.54) is 61.3 Å². The van der Waals surface area contributed by atoms with Gasteiger partial charge in [0.15, 0.2) is 0 Å². The van der Waals surface area contributed by atoms with Crippen LogP contribution in [0.2, 0.25) is 0 Å². The first kappa shape index (κ1) is 32.9. The Kier molecular flexibility index (Phi) is 7.64. The summed E-state index contributed by atoms with van der Waals surface area (Å²) >= 11 is 0. The lowest BCUT2D eigenvalue weighted by Gasteiger charge is -2.38. The second-order valence-electron chi connectivity index (χ2n) is 15.6. The van der Waals surface area contributed by atoms with Crippen molar-refractivity contribution in [1.82, 2.24) is 0 Å². The van der Waals surface area contributed by atoms with E-state index in [1.807, 2.05) is 0 Å². The van der Waals surface area contributed by atoms with Crippen LogP contribution < -0.4 is 4.90 Å². The van der Waals surface area contributed by atoms with Crippen molar-refractivity contribution in [2.75, 3.05) is 4.90 Å². The van der Waals surface area contributed by atoms with Crippen LogP contribution in [0.15, 0.2) is 163 Å². The summed E-state index contributed by atoms with van der Waals surface area (Å²) in [5, 5.41) is 0. The van der Waals surface area contributed by atoms with Gasteiger partial charge in [0.05, 0.1) is 11.4 Å². The Hall–Kier alpha value is -5.99. The minimum atomic E-state index is -0.284. The van der Waals surface area contributed by atoms with E-state index < -0.39 is 0 Å². The molecule has 258 valence electrons. The number of fused-ring (bicyclic) bond motifs is 6. The molecule has 0 amide bonds. The van der Waals surface area contributed by atoms with Crippen LogP contribution in [0.4, 0.5) is 22.7 Å². The molecule has 0 N–H and O–H groups in total. The normalized spacial score (nSPS) is 14.6. The SMILES string of the molecule is CC(=Nc1cc(-c2c3c(c(N(c4ccccc4)c4ccccc4)c4c2-c2ccccc2C4(C)C)C(C)(C)c2ccccc2-3)ccc1C)c1ccccc1. The molecule has 7 aromatic carbocycles. The zero-order chi connectivity index (χ0) is 36.5. The van der Waals surface area contributed by atoms with Gasteiger partial charge in [-0.1, -0.05) is 155 Å². The highest BCUT2D eigenvalue weighted by Crippen LogP contribution is 2.66. The first-order valence-electron chi connectivity index (χ1n) is 18.7. The Morgan fingerprint density at radius 1 is 0.509 bits per heavy atom. The largest absolute Gasteiger partial charge is 0.310 e. The van der Waals surface area contributed by atoms with Crippen molar-refractivity contribution < 1.29 is 0 Å². The molecule has 7 aromatic rings. The van der Waals surface area contributed by atoms with Gasteiger partial charge in [0.2, 0.25) is 0 Å². The molecule has 0 unspecified atom stereocenters. The van der Waals surface area contributed by atoms with Crippen molar-refractivity contribution in [3.05, 3.63) is 191 Å². The lowest BCUT2D eigenvalue weighted by molar-refractivity contribution is 0.640. The van der Waals surface area contributed by atoms with Crippen molar-refractivity contribution in [3.63, 3.8) is 0 Å². The molecule has 0 radical (unpaired) electrons. The van der Waals surface area contributed by atoms with E-state index in [4.69, 9.17) is 4.99 Å². The van der Waals surface area contributed by atoms with Gasteiger partial charge in [0.1, 0.15) is 0 Å². The molecule has 2 heteroatoms. The number of aryl methyl sites for hydroxylation is 1. The number of rotatable bonds is 6. The Balaban J connectivity index is 1.46. The number of hydrogen-bond donors (Lipinski definition) is 0. The van der Waals surface area contributed by atoms with Gasteiger partial charge < -0.3 is 4.90 Å². The zero-order valence-electron chi connectivity index (χ0n) is 31.4. The molecule has 0 fully saturated rings. The average molecular weight is 685 g/mol. The summed E-state index contributed by atoms with van der Waals surface area (Å²) < 4.78 is 0. The van der Waals surface area contributed by atoms with Crippen molar-refractivity contribution in [3.8, 4) is 33.4 Å². The minimum absolute atomic E-state index is 0.284. The van der Waals surface area contributed by atoms with Gasteiger partial charge in [-0.25, -0.2) is 0 Å². The van der Waals surface area contributed by atoms with E-state index in [-0.39, 0.29) is 10.8 Å². The highest BCUT2D eigenvalue weighted by molar-refractivity contribution is 6.10. The lowest BCUT2D eigenvalue weighted by atomic mass is 9.73. The fourth-order valence-corrected chi connectivity index (χ4v) is 9.14. The van der Waals surface area contributed by atoms with Gasteiger partial charge in [0, 0.05) is 27.9 Å². The molecule has 0 bridgehead atoms. The number of benzene rings is 7. The molecule has 0 saturated heterocycles. The minimum Gasteiger partial charge on any atom is -0.310 e. The maximum Gasteiger partial charge on any atom is 0.0668 e. The van der Waals surface area contributed by atoms with Crippen LogP contribution >= 0.6 is 0 Å². The van der Waals surface area contributed by atoms with Crippen LogP contribution in [0, 0.1) is 6.92 Å². The second kappa shape index (κ2) is 12.3. The van der Waals surface area contributed by atoms with Gasteiger partial charge in [-0.05, 0) is 111 Å². The quantitative estimate of drug-likeness (QED) is 0.159. The molecule has 0 atom stereocenters. The fourth-order valence-electron chi connectivity index (χ4n) is 9.14. The van der Waals surface area contributed by atoms with Crippen molar-refractivity contribution in [1.29, 1.82) is 0 Å². The summed E-state index contributed by atoms with van der Waals surface area (Å²) in [5.41, 5.74) is 20.5. The monoisotopic (exact) mass is 684 g/mol. The average Bonchev–Trinajstić information content (AvgIpc) is 3.57. The fraction of sp³-hybridized carbons (Fsp3) is 0.157. The van der Waals surface area contributed by atoms with Gasteiger partial charge in [-0.2, -0.15) is 0 Å². The van der Waals surface area contributed by atoms with E-state index >= 15 is 0 Å². The third-order valence-electron chi connectivity index (χ3n) is 11.7. The molecule has 0 aliphatic heterocycles. The van der Waals surface area contributed by atoms with Crippen molar-refractivity contribution in [2.45, 2.75) is 52.4 Å². The summed E-state index contributed by atoms with van der Waals surface area (Å²) in [7, 11) is 0. The Labute approximate surface area is 314 Å². The van der Waals surface area contributed by atoms with Crippen molar-refractivity contribution in [2.24, 2.45) is 4.99 Å². The van der Waals surface area contributed by atoms with Crippen LogP contribution in [-0.4, -0.2) is 5.71 Å². The molecule has 2 aliphatic rings. The Bertz CT molecular complexity index is 2430. The Morgan fingerprint density at radius 3 is 1.47 bits per heavy atom. The topological polar surface area (TPSA) is 15.6 Å². The predicted molar refractivity (Wildman–Crippen MR) is 225 cm³/mol. The van der Waals surface area contributed by atoms with Gasteiger partial charge in [-0.3, -0.25) is 4.99 Å². The summed E-state index contributed by atoms with van der Waals surface area (Å²) in [6, 6.07) is 57.5. The lowest BCUT2D eigenvalue weighted by Crippen LogP contribution is -2.26. The van der Waals surface area contributed by atoms with Crippen molar-refractivity contribution >= 4 is 28.5 Å². The van der Waals surface area contributed by atoms with E-state index in [1.54, 1.807) is 0 Å². The first-order chi connectivity index (χ1) is 25.7. The van der Waals surface area contributed by atoms with E-state index in [0.29, 0.717) is 0 Å². The van der Waals surface area contributed by atoms with Crippen LogP contribution in [0.25, 0.3) is 33.4 Å². The molecular formula is C51H44N2. The zero-order valence-corrected chi connectivity index (χ0v) is 31.4. The van der Waals surface area contributed by atoms with Gasteiger partial charge in [0.25, 0.3) is 0 Å². The number of hydrogen-bond acceptors (Lipinski definition) is 2. The Morgan fingerprint density at radius 2 is 0.962 bits per heavy atom. The number of anilines is 3. The number of para-hydroxylation sites is 2. The molecule has 0 heterocycles. The molecule has 53 heavy (non-hydrogen) atoms. The molecular weight excluding hydrogens is 641 g/mol. The smallest absolute Gasteiger partial charge is 0.0668 e. The predicted octanol–water partition coefficient (Wildman–Crippen LogP) is 13.9.